The van der Waals surface area contributed by atoms with E-state index in [9.17, 15) is 8.42 Å². The van der Waals surface area contributed by atoms with Gasteiger partial charge in [-0.15, -0.1) is 10.2 Å². The van der Waals surface area contributed by atoms with Crippen molar-refractivity contribution in [3.63, 3.8) is 0 Å². The van der Waals surface area contributed by atoms with E-state index in [2.05, 4.69) is 20.2 Å². The average molecular weight is 368 g/mol. The molecule has 2 rings (SSSR count). The lowest BCUT2D eigenvalue weighted by atomic mass is 10.3. The maximum atomic E-state index is 12.6. The van der Waals surface area contributed by atoms with E-state index in [4.69, 9.17) is 14.2 Å². The standard InChI is InChI=1S/C15H20N4O5S/c1-22-9-8-16-14-6-7-15(18-17-14)19-25(20,21)13-10-11(23-2)4-5-12(13)24-3/h4-7,10H,8-9H2,1-3H3,(H,16,17)(H,18,19). The molecule has 25 heavy (non-hydrogen) atoms. The summed E-state index contributed by atoms with van der Waals surface area (Å²) in [5.41, 5.74) is 0. The molecule has 0 aliphatic rings. The summed E-state index contributed by atoms with van der Waals surface area (Å²) in [5.74, 6) is 1.19. The van der Waals surface area contributed by atoms with Gasteiger partial charge in [0.2, 0.25) is 0 Å². The van der Waals surface area contributed by atoms with E-state index in [1.807, 2.05) is 0 Å². The third-order valence-electron chi connectivity index (χ3n) is 3.18. The maximum Gasteiger partial charge on any atom is 0.266 e. The van der Waals surface area contributed by atoms with Crippen molar-refractivity contribution in [3.05, 3.63) is 30.3 Å². The van der Waals surface area contributed by atoms with Gasteiger partial charge in [0.05, 0.1) is 20.8 Å². The number of benzene rings is 1. The molecule has 0 aliphatic heterocycles. The summed E-state index contributed by atoms with van der Waals surface area (Å²) in [7, 11) is 0.516. The summed E-state index contributed by atoms with van der Waals surface area (Å²) in [6, 6.07) is 7.62. The minimum Gasteiger partial charge on any atom is -0.497 e. The molecule has 0 unspecified atom stereocenters. The number of methoxy groups -OCH3 is 3. The maximum absolute atomic E-state index is 12.6. The quantitative estimate of drug-likeness (QED) is 0.638. The van der Waals surface area contributed by atoms with Crippen LogP contribution < -0.4 is 19.5 Å². The molecular formula is C15H20N4O5S. The molecule has 0 spiro atoms. The zero-order valence-corrected chi connectivity index (χ0v) is 15.0. The second-order valence-corrected chi connectivity index (χ2v) is 6.50. The highest BCUT2D eigenvalue weighted by molar-refractivity contribution is 7.92. The van der Waals surface area contributed by atoms with Crippen molar-refractivity contribution < 1.29 is 22.6 Å². The van der Waals surface area contributed by atoms with E-state index in [0.717, 1.165) is 0 Å². The number of hydrogen-bond donors (Lipinski definition) is 2. The summed E-state index contributed by atoms with van der Waals surface area (Å²) in [5, 5.41) is 10.7. The monoisotopic (exact) mass is 368 g/mol. The van der Waals surface area contributed by atoms with Gasteiger partial charge in [-0.1, -0.05) is 0 Å². The van der Waals surface area contributed by atoms with Crippen molar-refractivity contribution in [1.82, 2.24) is 10.2 Å². The molecule has 2 N–H and O–H groups in total. The molecule has 10 heteroatoms. The second kappa shape index (κ2) is 8.49. The van der Waals surface area contributed by atoms with Gasteiger partial charge in [-0.3, -0.25) is 4.72 Å². The van der Waals surface area contributed by atoms with Crippen molar-refractivity contribution in [1.29, 1.82) is 0 Å². The van der Waals surface area contributed by atoms with Gasteiger partial charge < -0.3 is 19.5 Å². The molecule has 1 heterocycles. The Labute approximate surface area is 146 Å². The zero-order chi connectivity index (χ0) is 18.3. The van der Waals surface area contributed by atoms with Gasteiger partial charge in [-0.05, 0) is 24.3 Å². The summed E-state index contributed by atoms with van der Waals surface area (Å²) < 4.78 is 42.7. The minimum atomic E-state index is -3.92. The van der Waals surface area contributed by atoms with Crippen LogP contribution in [0.2, 0.25) is 0 Å². The van der Waals surface area contributed by atoms with Crippen molar-refractivity contribution in [2.24, 2.45) is 0 Å². The molecule has 0 amide bonds. The van der Waals surface area contributed by atoms with Crippen LogP contribution in [0.4, 0.5) is 11.6 Å². The van der Waals surface area contributed by atoms with Crippen LogP contribution in [-0.4, -0.2) is 53.1 Å². The molecular weight excluding hydrogens is 348 g/mol. The Bertz CT molecular complexity index is 796. The van der Waals surface area contributed by atoms with Gasteiger partial charge >= 0.3 is 0 Å². The van der Waals surface area contributed by atoms with E-state index in [-0.39, 0.29) is 16.5 Å². The average Bonchev–Trinajstić information content (AvgIpc) is 2.62. The topological polar surface area (TPSA) is 112 Å². The van der Waals surface area contributed by atoms with Crippen LogP contribution in [0, 0.1) is 0 Å². The van der Waals surface area contributed by atoms with Crippen molar-refractivity contribution >= 4 is 21.7 Å². The van der Waals surface area contributed by atoms with Crippen molar-refractivity contribution in [3.8, 4) is 11.5 Å². The molecule has 0 saturated carbocycles. The Morgan fingerprint density at radius 2 is 1.72 bits per heavy atom. The number of sulfonamides is 1. The Hall–Kier alpha value is -2.59. The molecule has 2 aromatic rings. The summed E-state index contributed by atoms with van der Waals surface area (Å²) in [4.78, 5) is -0.0570. The smallest absolute Gasteiger partial charge is 0.266 e. The highest BCUT2D eigenvalue weighted by Gasteiger charge is 2.21. The number of rotatable bonds is 9. The van der Waals surface area contributed by atoms with Gasteiger partial charge in [0.25, 0.3) is 10.0 Å². The molecule has 136 valence electrons. The first-order valence-electron chi connectivity index (χ1n) is 7.31. The van der Waals surface area contributed by atoms with Crippen LogP contribution in [0.25, 0.3) is 0 Å². The number of nitrogens with one attached hydrogen (secondary N) is 2. The predicted molar refractivity (Wildman–Crippen MR) is 92.8 cm³/mol. The van der Waals surface area contributed by atoms with Gasteiger partial charge in [-0.25, -0.2) is 8.42 Å². The van der Waals surface area contributed by atoms with Crippen LogP contribution in [-0.2, 0) is 14.8 Å². The van der Waals surface area contributed by atoms with Crippen LogP contribution >= 0.6 is 0 Å². The first-order valence-corrected chi connectivity index (χ1v) is 8.80. The fourth-order valence-corrected chi connectivity index (χ4v) is 3.13. The van der Waals surface area contributed by atoms with Crippen LogP contribution in [0.15, 0.2) is 35.2 Å². The molecule has 0 aliphatic carbocycles. The fraction of sp³-hybridized carbons (Fsp3) is 0.333. The van der Waals surface area contributed by atoms with Gasteiger partial charge in [0.1, 0.15) is 22.2 Å². The first-order chi connectivity index (χ1) is 12.0. The second-order valence-electron chi connectivity index (χ2n) is 4.85. The normalized spacial score (nSPS) is 11.0. The third-order valence-corrected chi connectivity index (χ3v) is 4.55. The highest BCUT2D eigenvalue weighted by atomic mass is 32.2. The lowest BCUT2D eigenvalue weighted by molar-refractivity contribution is 0.210. The number of hydrogen-bond acceptors (Lipinski definition) is 8. The summed E-state index contributed by atoms with van der Waals surface area (Å²) in [6.45, 7) is 1.09. The summed E-state index contributed by atoms with van der Waals surface area (Å²) in [6.07, 6.45) is 0. The third kappa shape index (κ3) is 4.94. The first kappa shape index (κ1) is 18.7. The van der Waals surface area contributed by atoms with Crippen molar-refractivity contribution in [2.75, 3.05) is 44.5 Å². The van der Waals surface area contributed by atoms with Crippen LogP contribution in [0.3, 0.4) is 0 Å². The number of ether oxygens (including phenoxy) is 3. The molecule has 0 bridgehead atoms. The van der Waals surface area contributed by atoms with E-state index in [1.54, 1.807) is 19.2 Å². The van der Waals surface area contributed by atoms with Crippen LogP contribution in [0.5, 0.6) is 11.5 Å². The predicted octanol–water partition coefficient (Wildman–Crippen LogP) is 1.35. The van der Waals surface area contributed by atoms with Gasteiger partial charge in [0, 0.05) is 19.7 Å². The molecule has 0 fully saturated rings. The Balaban J connectivity index is 2.18. The highest BCUT2D eigenvalue weighted by Crippen LogP contribution is 2.29. The Kier molecular flexibility index (Phi) is 6.37. The molecule has 0 saturated heterocycles. The largest absolute Gasteiger partial charge is 0.497 e. The molecule has 9 nitrogen and oxygen atoms in total. The zero-order valence-electron chi connectivity index (χ0n) is 14.1. The van der Waals surface area contributed by atoms with E-state index in [1.165, 1.54) is 32.4 Å². The SMILES string of the molecule is COCCNc1ccc(NS(=O)(=O)c2cc(OC)ccc2OC)nn1. The van der Waals surface area contributed by atoms with Crippen molar-refractivity contribution in [2.45, 2.75) is 4.90 Å². The molecule has 0 atom stereocenters. The number of anilines is 2. The van der Waals surface area contributed by atoms with E-state index in [0.29, 0.717) is 24.7 Å². The van der Waals surface area contributed by atoms with E-state index < -0.39 is 10.0 Å². The molecule has 1 aromatic carbocycles. The van der Waals surface area contributed by atoms with Gasteiger partial charge in [0.15, 0.2) is 5.82 Å². The fourth-order valence-electron chi connectivity index (χ4n) is 1.95. The lowest BCUT2D eigenvalue weighted by Crippen LogP contribution is -2.16. The Morgan fingerprint density at radius 3 is 2.32 bits per heavy atom. The lowest BCUT2D eigenvalue weighted by Gasteiger charge is -2.12. The molecule has 1 aromatic heterocycles. The van der Waals surface area contributed by atoms with Crippen LogP contribution in [0.1, 0.15) is 0 Å². The van der Waals surface area contributed by atoms with Gasteiger partial charge in [-0.2, -0.15) is 0 Å². The molecule has 0 radical (unpaired) electrons. The van der Waals surface area contributed by atoms with E-state index >= 15 is 0 Å². The minimum absolute atomic E-state index is 0.0570. The number of nitrogens with zero attached hydrogens (tertiary/aromatic N) is 2. The Morgan fingerprint density at radius 1 is 1.00 bits per heavy atom. The summed E-state index contributed by atoms with van der Waals surface area (Å²) >= 11 is 0. The number of aromatic nitrogens is 2.